The fraction of sp³-hybridized carbons (Fsp3) is 0.600. The van der Waals surface area contributed by atoms with Crippen molar-refractivity contribution >= 4 is 0 Å². The predicted molar refractivity (Wildman–Crippen MR) is 71.0 cm³/mol. The van der Waals surface area contributed by atoms with E-state index in [0.717, 1.165) is 19.6 Å². The van der Waals surface area contributed by atoms with Gasteiger partial charge in [-0.2, -0.15) is 0 Å². The molecule has 2 nitrogen and oxygen atoms in total. The molecule has 1 aliphatic rings. The van der Waals surface area contributed by atoms with Gasteiger partial charge in [0.15, 0.2) is 0 Å². The van der Waals surface area contributed by atoms with Crippen LogP contribution in [0.2, 0.25) is 0 Å². The molecule has 3 atom stereocenters. The summed E-state index contributed by atoms with van der Waals surface area (Å²) < 4.78 is 14.0. The molecule has 1 N–H and O–H groups in total. The quantitative estimate of drug-likeness (QED) is 0.888. The molecule has 2 rings (SSSR count). The standard InChI is InChI=1S/C15H22FNO/c1-12-9-17(10-13-5-3-2-4-6-13)11-14(7-8-18)15(12)16/h2-6,12,14-15,18H,7-11H2,1H3/t12-,14+,15+/m0/s1. The molecule has 1 saturated heterocycles. The Hall–Kier alpha value is -0.930. The molecule has 100 valence electrons. The normalized spacial score (nSPS) is 29.4. The van der Waals surface area contributed by atoms with Crippen molar-refractivity contribution < 1.29 is 9.50 Å². The van der Waals surface area contributed by atoms with Crippen LogP contribution in [0.15, 0.2) is 30.3 Å². The smallest absolute Gasteiger partial charge is 0.108 e. The highest BCUT2D eigenvalue weighted by atomic mass is 19.1. The van der Waals surface area contributed by atoms with E-state index >= 15 is 0 Å². The summed E-state index contributed by atoms with van der Waals surface area (Å²) in [4.78, 5) is 2.30. The van der Waals surface area contributed by atoms with Gasteiger partial charge in [0.2, 0.25) is 0 Å². The molecule has 1 aromatic rings. The fourth-order valence-corrected chi connectivity index (χ4v) is 2.87. The van der Waals surface area contributed by atoms with Crippen LogP contribution in [0.25, 0.3) is 0 Å². The summed E-state index contributed by atoms with van der Waals surface area (Å²) in [5.74, 6) is 0.0291. The zero-order chi connectivity index (χ0) is 13.0. The van der Waals surface area contributed by atoms with Gasteiger partial charge in [-0.15, -0.1) is 0 Å². The molecular formula is C15H22FNO. The van der Waals surface area contributed by atoms with Gasteiger partial charge in [-0.3, -0.25) is 4.90 Å². The molecule has 0 radical (unpaired) electrons. The molecule has 0 bridgehead atoms. The number of benzene rings is 1. The minimum Gasteiger partial charge on any atom is -0.396 e. The number of hydrogen-bond donors (Lipinski definition) is 1. The topological polar surface area (TPSA) is 23.5 Å². The highest BCUT2D eigenvalue weighted by Gasteiger charge is 2.33. The Morgan fingerprint density at radius 1 is 1.28 bits per heavy atom. The van der Waals surface area contributed by atoms with Gasteiger partial charge in [0.1, 0.15) is 6.17 Å². The lowest BCUT2D eigenvalue weighted by molar-refractivity contribution is 0.0256. The van der Waals surface area contributed by atoms with E-state index in [0.29, 0.717) is 6.42 Å². The largest absolute Gasteiger partial charge is 0.396 e. The third kappa shape index (κ3) is 3.30. The maximum absolute atomic E-state index is 14.0. The first kappa shape index (κ1) is 13.5. The summed E-state index contributed by atoms with van der Waals surface area (Å²) in [5, 5.41) is 9.01. The van der Waals surface area contributed by atoms with Gasteiger partial charge in [-0.05, 0) is 12.0 Å². The zero-order valence-corrected chi connectivity index (χ0v) is 10.9. The van der Waals surface area contributed by atoms with E-state index in [1.165, 1.54) is 5.56 Å². The van der Waals surface area contributed by atoms with E-state index in [1.807, 2.05) is 25.1 Å². The average Bonchev–Trinajstić information content (AvgIpc) is 2.37. The molecule has 0 unspecified atom stereocenters. The third-order valence-electron chi connectivity index (χ3n) is 3.78. The van der Waals surface area contributed by atoms with Gasteiger partial charge >= 0.3 is 0 Å². The molecule has 0 aromatic heterocycles. The Balaban J connectivity index is 1.97. The third-order valence-corrected chi connectivity index (χ3v) is 3.78. The number of piperidine rings is 1. The summed E-state index contributed by atoms with van der Waals surface area (Å²) >= 11 is 0. The lowest BCUT2D eigenvalue weighted by Gasteiger charge is -2.39. The van der Waals surface area contributed by atoms with Crippen molar-refractivity contribution in [2.45, 2.75) is 26.1 Å². The molecule has 1 aliphatic heterocycles. The highest BCUT2D eigenvalue weighted by molar-refractivity contribution is 5.14. The van der Waals surface area contributed by atoms with Crippen LogP contribution in [0.4, 0.5) is 4.39 Å². The molecule has 3 heteroatoms. The van der Waals surface area contributed by atoms with Crippen LogP contribution < -0.4 is 0 Å². The van der Waals surface area contributed by atoms with Crippen molar-refractivity contribution in [1.29, 1.82) is 0 Å². The van der Waals surface area contributed by atoms with E-state index in [-0.39, 0.29) is 18.4 Å². The second kappa shape index (κ2) is 6.30. The number of nitrogens with zero attached hydrogens (tertiary/aromatic N) is 1. The van der Waals surface area contributed by atoms with Crippen LogP contribution in [-0.4, -0.2) is 35.9 Å². The van der Waals surface area contributed by atoms with Gasteiger partial charge < -0.3 is 5.11 Å². The maximum atomic E-state index is 14.0. The summed E-state index contributed by atoms with van der Waals surface area (Å²) in [7, 11) is 0. The number of likely N-dealkylation sites (tertiary alicyclic amines) is 1. The molecule has 0 saturated carbocycles. The number of aliphatic hydroxyl groups is 1. The van der Waals surface area contributed by atoms with Crippen LogP contribution in [0, 0.1) is 11.8 Å². The number of halogens is 1. The Bertz CT molecular complexity index is 357. The number of hydrogen-bond acceptors (Lipinski definition) is 2. The highest BCUT2D eigenvalue weighted by Crippen LogP contribution is 2.28. The summed E-state index contributed by atoms with van der Waals surface area (Å²) in [5.41, 5.74) is 1.27. The van der Waals surface area contributed by atoms with Gasteiger partial charge in [-0.25, -0.2) is 4.39 Å². The second-order valence-electron chi connectivity index (χ2n) is 5.37. The molecule has 0 amide bonds. The van der Waals surface area contributed by atoms with Crippen LogP contribution in [0.5, 0.6) is 0 Å². The van der Waals surface area contributed by atoms with E-state index in [1.54, 1.807) is 0 Å². The minimum absolute atomic E-state index is 0.0255. The van der Waals surface area contributed by atoms with Gasteiger partial charge in [-0.1, -0.05) is 37.3 Å². The molecule has 1 heterocycles. The van der Waals surface area contributed by atoms with Crippen molar-refractivity contribution in [3.05, 3.63) is 35.9 Å². The van der Waals surface area contributed by atoms with E-state index < -0.39 is 6.17 Å². The molecule has 1 fully saturated rings. The Kier molecular flexibility index (Phi) is 4.72. The van der Waals surface area contributed by atoms with E-state index in [4.69, 9.17) is 5.11 Å². The Labute approximate surface area is 108 Å². The van der Waals surface area contributed by atoms with Crippen molar-refractivity contribution in [2.24, 2.45) is 11.8 Å². The van der Waals surface area contributed by atoms with Crippen LogP contribution in [0.3, 0.4) is 0 Å². The molecule has 1 aromatic carbocycles. The fourth-order valence-electron chi connectivity index (χ4n) is 2.87. The molecule has 18 heavy (non-hydrogen) atoms. The summed E-state index contributed by atoms with van der Waals surface area (Å²) in [6.45, 7) is 4.47. The van der Waals surface area contributed by atoms with Crippen molar-refractivity contribution in [1.82, 2.24) is 4.90 Å². The van der Waals surface area contributed by atoms with Crippen molar-refractivity contribution in [3.63, 3.8) is 0 Å². The average molecular weight is 251 g/mol. The molecule has 0 spiro atoms. The van der Waals surface area contributed by atoms with Gasteiger partial charge in [0.05, 0.1) is 0 Å². The predicted octanol–water partition coefficient (Wildman–Crippen LogP) is 2.48. The van der Waals surface area contributed by atoms with Crippen molar-refractivity contribution in [3.8, 4) is 0 Å². The minimum atomic E-state index is -0.774. The Morgan fingerprint density at radius 2 is 2.00 bits per heavy atom. The summed E-state index contributed by atoms with van der Waals surface area (Å²) in [6.07, 6.45) is -0.208. The molecule has 0 aliphatic carbocycles. The van der Waals surface area contributed by atoms with Crippen LogP contribution in [0.1, 0.15) is 18.9 Å². The van der Waals surface area contributed by atoms with Crippen LogP contribution >= 0.6 is 0 Å². The SMILES string of the molecule is C[C@H]1CN(Cc2ccccc2)C[C@@H](CCO)[C@@H]1F. The van der Waals surface area contributed by atoms with Gasteiger partial charge in [0, 0.05) is 38.1 Å². The monoisotopic (exact) mass is 251 g/mol. The maximum Gasteiger partial charge on any atom is 0.108 e. The lowest BCUT2D eigenvalue weighted by Crippen LogP contribution is -2.46. The van der Waals surface area contributed by atoms with E-state index in [9.17, 15) is 4.39 Å². The number of rotatable bonds is 4. The van der Waals surface area contributed by atoms with Crippen LogP contribution in [-0.2, 0) is 6.54 Å². The Morgan fingerprint density at radius 3 is 2.67 bits per heavy atom. The number of aliphatic hydroxyl groups excluding tert-OH is 1. The van der Waals surface area contributed by atoms with Gasteiger partial charge in [0.25, 0.3) is 0 Å². The first-order valence-electron chi connectivity index (χ1n) is 6.72. The second-order valence-corrected chi connectivity index (χ2v) is 5.37. The first-order chi connectivity index (χ1) is 8.70. The summed E-state index contributed by atoms with van der Waals surface area (Å²) in [6, 6.07) is 10.3. The zero-order valence-electron chi connectivity index (χ0n) is 10.9. The first-order valence-corrected chi connectivity index (χ1v) is 6.72. The lowest BCUT2D eigenvalue weighted by atomic mass is 9.86. The van der Waals surface area contributed by atoms with E-state index in [2.05, 4.69) is 17.0 Å². The molecular weight excluding hydrogens is 229 g/mol. The number of alkyl halides is 1. The van der Waals surface area contributed by atoms with Crippen molar-refractivity contribution in [2.75, 3.05) is 19.7 Å².